The predicted molar refractivity (Wildman–Crippen MR) is 90.2 cm³/mol. The van der Waals surface area contributed by atoms with E-state index in [-0.39, 0.29) is 11.8 Å². The lowest BCUT2D eigenvalue weighted by Gasteiger charge is -2.04. The van der Waals surface area contributed by atoms with Crippen LogP contribution in [0.4, 0.5) is 0 Å². The first-order valence-corrected chi connectivity index (χ1v) is 7.51. The van der Waals surface area contributed by atoms with Crippen molar-refractivity contribution in [1.82, 2.24) is 10.6 Å². The molecule has 22 heavy (non-hydrogen) atoms. The maximum atomic E-state index is 11.6. The Morgan fingerprint density at radius 1 is 0.955 bits per heavy atom. The van der Waals surface area contributed by atoms with Crippen molar-refractivity contribution >= 4 is 17.9 Å². The first-order valence-electron chi connectivity index (χ1n) is 7.51. The molecule has 0 unspecified atom stereocenters. The van der Waals surface area contributed by atoms with Crippen molar-refractivity contribution in [3.8, 4) is 0 Å². The van der Waals surface area contributed by atoms with Crippen molar-refractivity contribution in [3.05, 3.63) is 53.6 Å². The van der Waals surface area contributed by atoms with Crippen molar-refractivity contribution in [2.45, 2.75) is 26.7 Å². The monoisotopic (exact) mass is 300 g/mol. The van der Waals surface area contributed by atoms with Gasteiger partial charge in [-0.05, 0) is 38.3 Å². The summed E-state index contributed by atoms with van der Waals surface area (Å²) in [4.78, 5) is 23.0. The second-order valence-electron chi connectivity index (χ2n) is 5.25. The molecule has 0 aliphatic heterocycles. The van der Waals surface area contributed by atoms with Crippen molar-refractivity contribution in [2.24, 2.45) is 0 Å². The summed E-state index contributed by atoms with van der Waals surface area (Å²) >= 11 is 0. The highest BCUT2D eigenvalue weighted by Crippen LogP contribution is 2.00. The van der Waals surface area contributed by atoms with E-state index in [0.717, 1.165) is 24.0 Å². The van der Waals surface area contributed by atoms with Crippen LogP contribution in [-0.4, -0.2) is 24.9 Å². The Labute approximate surface area is 132 Å². The van der Waals surface area contributed by atoms with Crippen LogP contribution in [0.15, 0.2) is 48.1 Å². The molecule has 1 rings (SSSR count). The lowest BCUT2D eigenvalue weighted by Crippen LogP contribution is -2.25. The second kappa shape index (κ2) is 10.4. The molecule has 0 saturated heterocycles. The Morgan fingerprint density at radius 3 is 2.14 bits per heavy atom. The zero-order valence-corrected chi connectivity index (χ0v) is 13.3. The van der Waals surface area contributed by atoms with Gasteiger partial charge in [-0.3, -0.25) is 9.59 Å². The Kier molecular flexibility index (Phi) is 8.35. The summed E-state index contributed by atoms with van der Waals surface area (Å²) in [7, 11) is 0. The van der Waals surface area contributed by atoms with E-state index in [0.29, 0.717) is 13.1 Å². The normalized spacial score (nSPS) is 10.3. The first kappa shape index (κ1) is 17.7. The number of nitrogens with one attached hydrogen (secondary N) is 2. The zero-order valence-electron chi connectivity index (χ0n) is 13.3. The molecule has 1 aromatic carbocycles. The molecule has 4 heteroatoms. The van der Waals surface area contributed by atoms with Crippen LogP contribution < -0.4 is 10.6 Å². The lowest BCUT2D eigenvalue weighted by atomic mass is 10.2. The summed E-state index contributed by atoms with van der Waals surface area (Å²) in [6.07, 6.45) is 6.57. The lowest BCUT2D eigenvalue weighted by molar-refractivity contribution is -0.117. The number of carbonyl (C=O) groups excluding carboxylic acids is 2. The van der Waals surface area contributed by atoms with E-state index in [4.69, 9.17) is 0 Å². The van der Waals surface area contributed by atoms with Crippen LogP contribution in [-0.2, 0) is 9.59 Å². The molecule has 0 saturated carbocycles. The topological polar surface area (TPSA) is 58.2 Å². The molecule has 0 heterocycles. The van der Waals surface area contributed by atoms with Crippen molar-refractivity contribution in [1.29, 1.82) is 0 Å². The van der Waals surface area contributed by atoms with Crippen LogP contribution in [0.3, 0.4) is 0 Å². The highest BCUT2D eigenvalue weighted by atomic mass is 16.2. The Hall–Kier alpha value is -2.36. The average Bonchev–Trinajstić information content (AvgIpc) is 2.49. The minimum absolute atomic E-state index is 0.0603. The second-order valence-corrected chi connectivity index (χ2v) is 5.25. The van der Waals surface area contributed by atoms with E-state index in [1.807, 2.05) is 44.2 Å². The summed E-state index contributed by atoms with van der Waals surface area (Å²) in [5, 5.41) is 5.63. The third-order valence-corrected chi connectivity index (χ3v) is 2.85. The predicted octanol–water partition coefficient (Wildman–Crippen LogP) is 2.68. The minimum atomic E-state index is -0.0996. The number of hydrogen-bond acceptors (Lipinski definition) is 2. The zero-order chi connectivity index (χ0) is 16.2. The molecule has 0 spiro atoms. The van der Waals surface area contributed by atoms with Gasteiger partial charge in [-0.15, -0.1) is 0 Å². The van der Waals surface area contributed by atoms with Crippen LogP contribution >= 0.6 is 0 Å². The highest BCUT2D eigenvalue weighted by molar-refractivity contribution is 5.91. The fraction of sp³-hybridized carbons (Fsp3) is 0.333. The first-order chi connectivity index (χ1) is 10.6. The molecule has 0 radical (unpaired) electrons. The Morgan fingerprint density at radius 2 is 1.55 bits per heavy atom. The molecule has 0 aliphatic rings. The van der Waals surface area contributed by atoms with Gasteiger partial charge in [0.1, 0.15) is 0 Å². The van der Waals surface area contributed by atoms with Crippen LogP contribution in [0.2, 0.25) is 0 Å². The number of carbonyl (C=O) groups is 2. The summed E-state index contributed by atoms with van der Waals surface area (Å²) < 4.78 is 0. The van der Waals surface area contributed by atoms with Crippen molar-refractivity contribution in [3.63, 3.8) is 0 Å². The molecular weight excluding hydrogens is 276 g/mol. The minimum Gasteiger partial charge on any atom is -0.353 e. The van der Waals surface area contributed by atoms with Crippen LogP contribution in [0.1, 0.15) is 32.3 Å². The highest BCUT2D eigenvalue weighted by Gasteiger charge is 1.97. The third-order valence-electron chi connectivity index (χ3n) is 2.85. The molecule has 2 amide bonds. The van der Waals surface area contributed by atoms with Gasteiger partial charge in [-0.1, -0.05) is 35.9 Å². The van der Waals surface area contributed by atoms with Crippen molar-refractivity contribution < 1.29 is 9.59 Å². The molecular formula is C18H24N2O2. The van der Waals surface area contributed by atoms with E-state index in [2.05, 4.69) is 10.6 Å². The fourth-order valence-corrected chi connectivity index (χ4v) is 1.78. The van der Waals surface area contributed by atoms with Crippen molar-refractivity contribution in [2.75, 3.05) is 13.1 Å². The van der Waals surface area contributed by atoms with E-state index in [9.17, 15) is 9.59 Å². The summed E-state index contributed by atoms with van der Waals surface area (Å²) in [5.74, 6) is -0.160. The molecule has 0 bridgehead atoms. The van der Waals surface area contributed by atoms with Gasteiger partial charge in [-0.25, -0.2) is 0 Å². The average molecular weight is 300 g/mol. The Balaban J connectivity index is 2.09. The van der Waals surface area contributed by atoms with E-state index < -0.39 is 0 Å². The number of rotatable bonds is 8. The van der Waals surface area contributed by atoms with Gasteiger partial charge < -0.3 is 10.6 Å². The molecule has 1 aromatic rings. The SMILES string of the molecule is CC(C)=CC(=O)NCCCCNC(=O)C=Cc1ccccc1. The smallest absolute Gasteiger partial charge is 0.243 e. The number of benzene rings is 1. The number of unbranched alkanes of at least 4 members (excludes halogenated alkanes) is 1. The molecule has 2 N–H and O–H groups in total. The molecule has 0 aromatic heterocycles. The molecule has 0 aliphatic carbocycles. The summed E-state index contributed by atoms with van der Waals surface area (Å²) in [6.45, 7) is 5.00. The van der Waals surface area contributed by atoms with Crippen LogP contribution in [0, 0.1) is 0 Å². The maximum Gasteiger partial charge on any atom is 0.243 e. The molecule has 0 atom stereocenters. The van der Waals surface area contributed by atoms with E-state index >= 15 is 0 Å². The third kappa shape index (κ3) is 8.74. The van der Waals surface area contributed by atoms with Gasteiger partial charge in [0.05, 0.1) is 0 Å². The van der Waals surface area contributed by atoms with Gasteiger partial charge >= 0.3 is 0 Å². The molecule has 0 fully saturated rings. The van der Waals surface area contributed by atoms with Gasteiger partial charge in [0.25, 0.3) is 0 Å². The quantitative estimate of drug-likeness (QED) is 0.573. The molecule has 4 nitrogen and oxygen atoms in total. The standard InChI is InChI=1S/C18H24N2O2/c1-15(2)14-18(22)20-13-7-6-12-19-17(21)11-10-16-8-4-3-5-9-16/h3-5,8-11,14H,6-7,12-13H2,1-2H3,(H,19,21)(H,20,22). The van der Waals surface area contributed by atoms with Gasteiger partial charge in [0, 0.05) is 25.2 Å². The Bertz CT molecular complexity index is 529. The summed E-state index contributed by atoms with van der Waals surface area (Å²) in [6, 6.07) is 9.69. The van der Waals surface area contributed by atoms with Gasteiger partial charge in [-0.2, -0.15) is 0 Å². The fourth-order valence-electron chi connectivity index (χ4n) is 1.78. The van der Waals surface area contributed by atoms with Crippen LogP contribution in [0.5, 0.6) is 0 Å². The number of amides is 2. The number of allylic oxidation sites excluding steroid dienone is 1. The summed E-state index contributed by atoms with van der Waals surface area (Å²) in [5.41, 5.74) is 1.98. The van der Waals surface area contributed by atoms with Gasteiger partial charge in [0.2, 0.25) is 11.8 Å². The van der Waals surface area contributed by atoms with E-state index in [1.54, 1.807) is 12.2 Å². The van der Waals surface area contributed by atoms with Gasteiger partial charge in [0.15, 0.2) is 0 Å². The van der Waals surface area contributed by atoms with E-state index in [1.165, 1.54) is 6.08 Å². The molecule has 118 valence electrons. The largest absolute Gasteiger partial charge is 0.353 e. The number of hydrogen-bond donors (Lipinski definition) is 2. The van der Waals surface area contributed by atoms with Crippen LogP contribution in [0.25, 0.3) is 6.08 Å². The maximum absolute atomic E-state index is 11.6.